The predicted molar refractivity (Wildman–Crippen MR) is 86.3 cm³/mol. The number of hydrogen-bond acceptors (Lipinski definition) is 5. The zero-order chi connectivity index (χ0) is 18.2. The quantitative estimate of drug-likeness (QED) is 0.652. The molecule has 8 nitrogen and oxygen atoms in total. The number of sulfonamides is 1. The van der Waals surface area contributed by atoms with E-state index in [9.17, 15) is 28.4 Å². The maximum Gasteiger partial charge on any atom is 0.307 e. The van der Waals surface area contributed by atoms with Crippen molar-refractivity contribution < 1.29 is 23.2 Å². The molecular formula is C15H20N2O6S. The minimum absolute atomic E-state index is 0.125. The topological polar surface area (TPSA) is 118 Å². The number of rotatable bonds is 4. The first-order valence-electron chi connectivity index (χ1n) is 7.56. The van der Waals surface area contributed by atoms with Gasteiger partial charge in [0.1, 0.15) is 0 Å². The predicted octanol–water partition coefficient (Wildman–Crippen LogP) is 2.09. The van der Waals surface area contributed by atoms with Crippen molar-refractivity contribution in [2.75, 3.05) is 6.54 Å². The molecule has 0 bridgehead atoms. The van der Waals surface area contributed by atoms with Crippen LogP contribution in [-0.4, -0.2) is 41.3 Å². The fourth-order valence-electron chi connectivity index (χ4n) is 3.03. The summed E-state index contributed by atoms with van der Waals surface area (Å²) in [6.07, 6.45) is 0.846. The van der Waals surface area contributed by atoms with Gasteiger partial charge >= 0.3 is 5.97 Å². The summed E-state index contributed by atoms with van der Waals surface area (Å²) in [4.78, 5) is 21.6. The number of nitro groups is 1. The van der Waals surface area contributed by atoms with Crippen LogP contribution in [0.25, 0.3) is 0 Å². The average Bonchev–Trinajstić information content (AvgIpc) is 2.46. The molecule has 9 heteroatoms. The molecule has 2 unspecified atom stereocenters. The molecule has 24 heavy (non-hydrogen) atoms. The molecule has 0 spiro atoms. The van der Waals surface area contributed by atoms with Crippen LogP contribution in [0, 0.1) is 29.9 Å². The minimum Gasteiger partial charge on any atom is -0.481 e. The van der Waals surface area contributed by atoms with Crippen LogP contribution >= 0.6 is 0 Å². The van der Waals surface area contributed by atoms with E-state index in [1.54, 1.807) is 20.8 Å². The Morgan fingerprint density at radius 3 is 2.46 bits per heavy atom. The average molecular weight is 356 g/mol. The summed E-state index contributed by atoms with van der Waals surface area (Å²) in [6, 6.07) is 2.18. The Labute approximate surface area is 140 Å². The summed E-state index contributed by atoms with van der Waals surface area (Å²) in [5, 5.41) is 20.3. The largest absolute Gasteiger partial charge is 0.481 e. The van der Waals surface area contributed by atoms with E-state index < -0.39 is 26.8 Å². The van der Waals surface area contributed by atoms with Crippen molar-refractivity contribution in [3.05, 3.63) is 33.4 Å². The highest BCUT2D eigenvalue weighted by Gasteiger charge is 2.38. The molecule has 0 aromatic heterocycles. The Hall–Kier alpha value is -2.00. The van der Waals surface area contributed by atoms with Crippen molar-refractivity contribution in [3.63, 3.8) is 0 Å². The fourth-order valence-corrected chi connectivity index (χ4v) is 4.97. The van der Waals surface area contributed by atoms with E-state index in [1.165, 1.54) is 6.07 Å². The minimum atomic E-state index is -4.02. The highest BCUT2D eigenvalue weighted by molar-refractivity contribution is 7.89. The van der Waals surface area contributed by atoms with Crippen LogP contribution < -0.4 is 0 Å². The highest BCUT2D eigenvalue weighted by Crippen LogP contribution is 2.32. The molecule has 2 rings (SSSR count). The number of aliphatic carboxylic acids is 1. The summed E-state index contributed by atoms with van der Waals surface area (Å²) in [7, 11) is -4.02. The van der Waals surface area contributed by atoms with Crippen molar-refractivity contribution in [2.45, 2.75) is 44.6 Å². The molecule has 0 aliphatic carbocycles. The maximum atomic E-state index is 13.0. The van der Waals surface area contributed by atoms with Crippen LogP contribution in [0.5, 0.6) is 0 Å². The SMILES string of the molecule is Cc1cc(C)c(S(=O)(=O)N2CC(C(=O)O)CCC2C)cc1[N+](=O)[O-]. The Kier molecular flexibility index (Phi) is 4.95. The molecule has 0 amide bonds. The number of hydrogen-bond donors (Lipinski definition) is 1. The Balaban J connectivity index is 2.51. The number of carbonyl (C=O) groups is 1. The van der Waals surface area contributed by atoms with Crippen LogP contribution in [0.4, 0.5) is 5.69 Å². The third-order valence-electron chi connectivity index (χ3n) is 4.45. The van der Waals surface area contributed by atoms with Gasteiger partial charge in [-0.3, -0.25) is 14.9 Å². The van der Waals surface area contributed by atoms with Crippen LogP contribution in [0.1, 0.15) is 30.9 Å². The monoisotopic (exact) mass is 356 g/mol. The maximum absolute atomic E-state index is 13.0. The summed E-state index contributed by atoms with van der Waals surface area (Å²) >= 11 is 0. The van der Waals surface area contributed by atoms with Crippen molar-refractivity contribution >= 4 is 21.7 Å². The lowest BCUT2D eigenvalue weighted by Gasteiger charge is -2.35. The molecule has 0 saturated carbocycles. The van der Waals surface area contributed by atoms with E-state index in [0.717, 1.165) is 10.4 Å². The normalized spacial score (nSPS) is 22.3. The molecule has 2 atom stereocenters. The fraction of sp³-hybridized carbons (Fsp3) is 0.533. The first-order valence-corrected chi connectivity index (χ1v) is 9.00. The molecule has 1 aromatic rings. The lowest BCUT2D eigenvalue weighted by atomic mass is 9.96. The van der Waals surface area contributed by atoms with Gasteiger partial charge in [-0.1, -0.05) is 0 Å². The lowest BCUT2D eigenvalue weighted by molar-refractivity contribution is -0.385. The van der Waals surface area contributed by atoms with Gasteiger partial charge in [-0.15, -0.1) is 0 Å². The molecule has 1 aromatic carbocycles. The molecule has 132 valence electrons. The summed E-state index contributed by atoms with van der Waals surface area (Å²) < 4.78 is 27.1. The van der Waals surface area contributed by atoms with Crippen LogP contribution in [0.2, 0.25) is 0 Å². The molecular weight excluding hydrogens is 336 g/mol. The van der Waals surface area contributed by atoms with Crippen LogP contribution in [0.3, 0.4) is 0 Å². The van der Waals surface area contributed by atoms with Crippen molar-refractivity contribution in [2.24, 2.45) is 5.92 Å². The number of piperidine rings is 1. The summed E-state index contributed by atoms with van der Waals surface area (Å²) in [6.45, 7) is 4.71. The second-order valence-corrected chi connectivity index (χ2v) is 8.06. The standard InChI is InChI=1S/C15H20N2O6S/c1-9-6-10(2)14(7-13(9)17(20)21)24(22,23)16-8-12(15(18)19)5-4-11(16)3/h6-7,11-12H,4-5,8H2,1-3H3,(H,18,19). The number of nitrogens with zero attached hydrogens (tertiary/aromatic N) is 2. The zero-order valence-corrected chi connectivity index (χ0v) is 14.5. The zero-order valence-electron chi connectivity index (χ0n) is 13.7. The third-order valence-corrected chi connectivity index (χ3v) is 6.57. The number of carboxylic acids is 1. The third kappa shape index (κ3) is 3.27. The van der Waals surface area contributed by atoms with E-state index in [-0.39, 0.29) is 23.2 Å². The smallest absolute Gasteiger partial charge is 0.307 e. The summed E-state index contributed by atoms with van der Waals surface area (Å²) in [5.74, 6) is -1.80. The molecule has 1 N–H and O–H groups in total. The van der Waals surface area contributed by atoms with E-state index in [4.69, 9.17) is 0 Å². The van der Waals surface area contributed by atoms with Crippen molar-refractivity contribution in [1.29, 1.82) is 0 Å². The number of aryl methyl sites for hydroxylation is 2. The number of benzene rings is 1. The summed E-state index contributed by atoms with van der Waals surface area (Å²) in [5.41, 5.74) is 0.521. The van der Waals surface area contributed by atoms with Crippen molar-refractivity contribution in [1.82, 2.24) is 4.31 Å². The van der Waals surface area contributed by atoms with Crippen LogP contribution in [0.15, 0.2) is 17.0 Å². The molecule has 1 heterocycles. The Morgan fingerprint density at radius 2 is 1.92 bits per heavy atom. The number of carboxylic acid groups (broad SMARTS) is 1. The number of nitro benzene ring substituents is 1. The van der Waals surface area contributed by atoms with Gasteiger partial charge in [-0.05, 0) is 45.2 Å². The first-order chi connectivity index (χ1) is 11.1. The van der Waals surface area contributed by atoms with Gasteiger partial charge in [-0.25, -0.2) is 8.42 Å². The highest BCUT2D eigenvalue weighted by atomic mass is 32.2. The van der Waals surface area contributed by atoms with Gasteiger partial charge in [0.2, 0.25) is 10.0 Å². The second kappa shape index (κ2) is 6.48. The van der Waals surface area contributed by atoms with Gasteiger partial charge in [0.15, 0.2) is 0 Å². The Bertz CT molecular complexity index is 789. The van der Waals surface area contributed by atoms with E-state index in [0.29, 0.717) is 24.0 Å². The van der Waals surface area contributed by atoms with Gasteiger partial charge in [0.25, 0.3) is 5.69 Å². The second-order valence-electron chi connectivity index (χ2n) is 6.20. The van der Waals surface area contributed by atoms with E-state index >= 15 is 0 Å². The van der Waals surface area contributed by atoms with Crippen LogP contribution in [-0.2, 0) is 14.8 Å². The van der Waals surface area contributed by atoms with Gasteiger partial charge in [0, 0.05) is 24.2 Å². The first kappa shape index (κ1) is 18.3. The molecule has 1 aliphatic rings. The Morgan fingerprint density at radius 1 is 1.29 bits per heavy atom. The van der Waals surface area contributed by atoms with E-state index in [1.807, 2.05) is 0 Å². The van der Waals surface area contributed by atoms with Crippen molar-refractivity contribution in [3.8, 4) is 0 Å². The molecule has 1 fully saturated rings. The van der Waals surface area contributed by atoms with Gasteiger partial charge in [-0.2, -0.15) is 4.31 Å². The van der Waals surface area contributed by atoms with E-state index in [2.05, 4.69) is 0 Å². The molecule has 1 aliphatic heterocycles. The van der Waals surface area contributed by atoms with Gasteiger partial charge in [0.05, 0.1) is 15.7 Å². The van der Waals surface area contributed by atoms with Gasteiger partial charge < -0.3 is 5.11 Å². The molecule has 1 saturated heterocycles. The molecule has 0 radical (unpaired) electrons. The lowest BCUT2D eigenvalue weighted by Crippen LogP contribution is -2.47.